The number of nitriles is 1. The minimum atomic E-state index is -0.572. The van der Waals surface area contributed by atoms with Crippen molar-refractivity contribution in [2.75, 3.05) is 5.32 Å². The zero-order valence-electron chi connectivity index (χ0n) is 12.0. The third-order valence-corrected chi connectivity index (χ3v) is 3.14. The van der Waals surface area contributed by atoms with E-state index in [-0.39, 0.29) is 5.57 Å². The molecular formula is C17H13ClFN3O. The van der Waals surface area contributed by atoms with Gasteiger partial charge in [0.05, 0.1) is 0 Å². The number of amides is 1. The first-order valence-corrected chi connectivity index (χ1v) is 7.11. The zero-order valence-corrected chi connectivity index (χ0v) is 12.8. The fraction of sp³-hybridized carbons (Fsp3) is 0.0588. The van der Waals surface area contributed by atoms with Gasteiger partial charge in [-0.3, -0.25) is 4.79 Å². The fourth-order valence-corrected chi connectivity index (χ4v) is 2.01. The molecule has 0 aliphatic heterocycles. The number of hydrogen-bond acceptors (Lipinski definition) is 3. The highest BCUT2D eigenvalue weighted by Gasteiger charge is 2.09. The van der Waals surface area contributed by atoms with Crippen molar-refractivity contribution in [3.05, 3.63) is 76.7 Å². The first-order chi connectivity index (χ1) is 11.1. The van der Waals surface area contributed by atoms with Gasteiger partial charge in [0.2, 0.25) is 0 Å². The van der Waals surface area contributed by atoms with Crippen molar-refractivity contribution in [3.63, 3.8) is 0 Å². The molecule has 23 heavy (non-hydrogen) atoms. The number of anilines is 1. The maximum atomic E-state index is 12.8. The molecule has 1 amide bonds. The number of halogens is 2. The molecule has 0 unspecified atom stereocenters. The molecule has 2 N–H and O–H groups in total. The third kappa shape index (κ3) is 5.13. The molecule has 0 saturated carbocycles. The van der Waals surface area contributed by atoms with Crippen LogP contribution in [0.15, 0.2) is 60.3 Å². The van der Waals surface area contributed by atoms with Crippen LogP contribution in [0.5, 0.6) is 0 Å². The van der Waals surface area contributed by atoms with Crippen LogP contribution in [0.4, 0.5) is 10.1 Å². The van der Waals surface area contributed by atoms with E-state index < -0.39 is 11.7 Å². The number of benzene rings is 2. The second kappa shape index (κ2) is 7.97. The molecule has 0 fully saturated rings. The third-order valence-electron chi connectivity index (χ3n) is 2.91. The minimum absolute atomic E-state index is 0.0867. The minimum Gasteiger partial charge on any atom is -0.386 e. The van der Waals surface area contributed by atoms with E-state index in [1.807, 2.05) is 18.2 Å². The maximum Gasteiger partial charge on any atom is 0.267 e. The highest BCUT2D eigenvalue weighted by Crippen LogP contribution is 2.11. The van der Waals surface area contributed by atoms with Crippen LogP contribution < -0.4 is 10.6 Å². The van der Waals surface area contributed by atoms with E-state index in [2.05, 4.69) is 10.6 Å². The average Bonchev–Trinajstić information content (AvgIpc) is 2.54. The Balaban J connectivity index is 1.96. The van der Waals surface area contributed by atoms with E-state index in [0.29, 0.717) is 17.3 Å². The Kier molecular flexibility index (Phi) is 5.73. The van der Waals surface area contributed by atoms with Crippen LogP contribution in [0.25, 0.3) is 0 Å². The molecule has 0 saturated heterocycles. The summed E-state index contributed by atoms with van der Waals surface area (Å²) in [5.74, 6) is -0.972. The van der Waals surface area contributed by atoms with Gasteiger partial charge in [0.25, 0.3) is 5.91 Å². The summed E-state index contributed by atoms with van der Waals surface area (Å²) < 4.78 is 12.8. The summed E-state index contributed by atoms with van der Waals surface area (Å²) in [7, 11) is 0. The second-order valence-corrected chi connectivity index (χ2v) is 5.08. The van der Waals surface area contributed by atoms with Crippen LogP contribution in [0.2, 0.25) is 5.02 Å². The number of hydrogen-bond donors (Lipinski definition) is 2. The topological polar surface area (TPSA) is 64.9 Å². The SMILES string of the molecule is N#C/C(=C/NCc1cccc(Cl)c1)C(=O)Nc1ccc(F)cc1. The Bertz CT molecular complexity index is 766. The van der Waals surface area contributed by atoms with Gasteiger partial charge >= 0.3 is 0 Å². The van der Waals surface area contributed by atoms with Crippen molar-refractivity contribution in [1.29, 1.82) is 5.26 Å². The zero-order chi connectivity index (χ0) is 16.7. The predicted octanol–water partition coefficient (Wildman–Crippen LogP) is 3.61. The van der Waals surface area contributed by atoms with Gasteiger partial charge in [-0.15, -0.1) is 0 Å². The van der Waals surface area contributed by atoms with Crippen molar-refractivity contribution in [1.82, 2.24) is 5.32 Å². The molecule has 2 rings (SSSR count). The highest BCUT2D eigenvalue weighted by atomic mass is 35.5. The summed E-state index contributed by atoms with van der Waals surface area (Å²) in [6.07, 6.45) is 1.33. The molecule has 4 nitrogen and oxygen atoms in total. The lowest BCUT2D eigenvalue weighted by atomic mass is 10.2. The predicted molar refractivity (Wildman–Crippen MR) is 87.0 cm³/mol. The molecule has 2 aromatic carbocycles. The van der Waals surface area contributed by atoms with Crippen LogP contribution in [0, 0.1) is 17.1 Å². The molecule has 6 heteroatoms. The molecule has 0 spiro atoms. The molecular weight excluding hydrogens is 317 g/mol. The van der Waals surface area contributed by atoms with E-state index in [9.17, 15) is 9.18 Å². The Hall–Kier alpha value is -2.84. The lowest BCUT2D eigenvalue weighted by Gasteiger charge is -2.05. The Morgan fingerprint density at radius 1 is 1.26 bits per heavy atom. The van der Waals surface area contributed by atoms with Crippen LogP contribution in [-0.4, -0.2) is 5.91 Å². The highest BCUT2D eigenvalue weighted by molar-refractivity contribution is 6.30. The fourth-order valence-electron chi connectivity index (χ4n) is 1.80. The average molecular weight is 330 g/mol. The number of nitrogens with one attached hydrogen (secondary N) is 2. The van der Waals surface area contributed by atoms with E-state index in [0.717, 1.165) is 5.56 Å². The molecule has 116 valence electrons. The van der Waals surface area contributed by atoms with Crippen molar-refractivity contribution >= 4 is 23.2 Å². The summed E-state index contributed by atoms with van der Waals surface area (Å²) in [4.78, 5) is 12.0. The molecule has 0 heterocycles. The monoisotopic (exact) mass is 329 g/mol. The number of rotatable bonds is 5. The van der Waals surface area contributed by atoms with Gasteiger partial charge in [0.1, 0.15) is 17.5 Å². The summed E-state index contributed by atoms with van der Waals surface area (Å²) in [6.45, 7) is 0.426. The van der Waals surface area contributed by atoms with Crippen molar-refractivity contribution in [3.8, 4) is 6.07 Å². The number of carbonyl (C=O) groups excluding carboxylic acids is 1. The van der Waals surface area contributed by atoms with Gasteiger partial charge in [-0.2, -0.15) is 5.26 Å². The Morgan fingerprint density at radius 3 is 2.65 bits per heavy atom. The molecule has 0 aliphatic carbocycles. The standard InChI is InChI=1S/C17H13ClFN3O/c18-14-3-1-2-12(8-14)10-21-11-13(9-20)17(23)22-16-6-4-15(19)5-7-16/h1-8,11,21H,10H2,(H,22,23)/b13-11-. The Labute approximate surface area is 138 Å². The summed E-state index contributed by atoms with van der Waals surface area (Å²) in [5, 5.41) is 15.1. The van der Waals surface area contributed by atoms with Crippen LogP contribution in [-0.2, 0) is 11.3 Å². The van der Waals surface area contributed by atoms with Gasteiger partial charge in [0.15, 0.2) is 0 Å². The lowest BCUT2D eigenvalue weighted by Crippen LogP contribution is -2.16. The normalized spacial score (nSPS) is 10.7. The van der Waals surface area contributed by atoms with Crippen LogP contribution in [0.3, 0.4) is 0 Å². The van der Waals surface area contributed by atoms with E-state index in [4.69, 9.17) is 16.9 Å². The first-order valence-electron chi connectivity index (χ1n) is 6.73. The van der Waals surface area contributed by atoms with Crippen molar-refractivity contribution < 1.29 is 9.18 Å². The van der Waals surface area contributed by atoms with Crippen LogP contribution in [0.1, 0.15) is 5.56 Å². The molecule has 0 bridgehead atoms. The van der Waals surface area contributed by atoms with Crippen molar-refractivity contribution in [2.24, 2.45) is 0 Å². The van der Waals surface area contributed by atoms with E-state index in [1.165, 1.54) is 30.5 Å². The second-order valence-electron chi connectivity index (χ2n) is 4.64. The smallest absolute Gasteiger partial charge is 0.267 e. The quantitative estimate of drug-likeness (QED) is 0.650. The van der Waals surface area contributed by atoms with E-state index in [1.54, 1.807) is 12.1 Å². The van der Waals surface area contributed by atoms with Gasteiger partial charge in [-0.1, -0.05) is 23.7 Å². The summed E-state index contributed by atoms with van der Waals surface area (Å²) in [6, 6.07) is 14.3. The first kappa shape index (κ1) is 16.5. The van der Waals surface area contributed by atoms with Gasteiger partial charge in [-0.25, -0.2) is 4.39 Å². The number of nitrogens with zero attached hydrogens (tertiary/aromatic N) is 1. The molecule has 0 radical (unpaired) electrons. The summed E-state index contributed by atoms with van der Waals surface area (Å²) in [5.41, 5.74) is 1.24. The van der Waals surface area contributed by atoms with Gasteiger partial charge < -0.3 is 10.6 Å². The molecule has 2 aromatic rings. The molecule has 0 aliphatic rings. The van der Waals surface area contributed by atoms with E-state index >= 15 is 0 Å². The largest absolute Gasteiger partial charge is 0.386 e. The summed E-state index contributed by atoms with van der Waals surface area (Å²) >= 11 is 5.88. The number of carbonyl (C=O) groups is 1. The maximum absolute atomic E-state index is 12.8. The Morgan fingerprint density at radius 2 is 2.00 bits per heavy atom. The van der Waals surface area contributed by atoms with Gasteiger partial charge in [0, 0.05) is 23.5 Å². The lowest BCUT2D eigenvalue weighted by molar-refractivity contribution is -0.112. The molecule has 0 atom stereocenters. The van der Waals surface area contributed by atoms with Crippen LogP contribution >= 0.6 is 11.6 Å². The molecule has 0 aromatic heterocycles. The van der Waals surface area contributed by atoms with Gasteiger partial charge in [-0.05, 0) is 42.0 Å². The van der Waals surface area contributed by atoms with Crippen molar-refractivity contribution in [2.45, 2.75) is 6.54 Å².